The summed E-state index contributed by atoms with van der Waals surface area (Å²) in [7, 11) is 4.05. The zero-order valence-electron chi connectivity index (χ0n) is 15.0. The number of carbonyl (C=O) groups is 1. The molecule has 1 saturated carbocycles. The first kappa shape index (κ1) is 19.9. The van der Waals surface area contributed by atoms with E-state index < -0.39 is 0 Å². The highest BCUT2D eigenvalue weighted by atomic mass is 35.5. The fourth-order valence-corrected chi connectivity index (χ4v) is 3.77. The summed E-state index contributed by atoms with van der Waals surface area (Å²) in [4.78, 5) is 21.5. The van der Waals surface area contributed by atoms with Crippen molar-refractivity contribution in [3.05, 3.63) is 18.2 Å². The summed E-state index contributed by atoms with van der Waals surface area (Å²) in [6.07, 6.45) is 3.18. The van der Waals surface area contributed by atoms with Crippen LogP contribution in [0.15, 0.2) is 18.2 Å². The van der Waals surface area contributed by atoms with Crippen LogP contribution in [-0.2, 0) is 4.79 Å². The number of hydrogen-bond donors (Lipinski definition) is 0. The minimum absolute atomic E-state index is 0. The normalized spacial score (nSPS) is 14.2. The number of carbonyl (C=O) groups excluding carboxylic acids is 1. The second-order valence-electron chi connectivity index (χ2n) is 6.48. The number of thiazole rings is 1. The van der Waals surface area contributed by atoms with E-state index in [9.17, 15) is 4.79 Å². The summed E-state index contributed by atoms with van der Waals surface area (Å²) < 4.78 is 6.63. The largest absolute Gasteiger partial charge is 0.494 e. The number of likely N-dealkylation sites (N-methyl/N-ethyl adjacent to an activating group) is 1. The first-order valence-electron chi connectivity index (χ1n) is 8.58. The van der Waals surface area contributed by atoms with Crippen molar-refractivity contribution in [1.82, 2.24) is 9.88 Å². The van der Waals surface area contributed by atoms with E-state index in [1.165, 1.54) is 0 Å². The molecule has 0 bridgehead atoms. The van der Waals surface area contributed by atoms with Gasteiger partial charge in [-0.1, -0.05) is 17.8 Å². The number of hydrogen-bond acceptors (Lipinski definition) is 5. The average molecular weight is 384 g/mol. The zero-order chi connectivity index (χ0) is 17.1. The predicted molar refractivity (Wildman–Crippen MR) is 106 cm³/mol. The lowest BCUT2D eigenvalue weighted by molar-refractivity contribution is -0.124. The number of benzene rings is 1. The molecule has 0 radical (unpaired) electrons. The molecule has 1 aliphatic carbocycles. The smallest absolute Gasteiger partial charge is 0.231 e. The van der Waals surface area contributed by atoms with E-state index >= 15 is 0 Å². The van der Waals surface area contributed by atoms with Gasteiger partial charge >= 0.3 is 0 Å². The van der Waals surface area contributed by atoms with Crippen molar-refractivity contribution in [3.63, 3.8) is 0 Å². The highest BCUT2D eigenvalue weighted by Crippen LogP contribution is 2.35. The SMILES string of the molecule is CCOc1ccc2nc(N(CCN(C)C)C(=O)C3CCC3)sc2c1.Cl. The Kier molecular flexibility index (Phi) is 7.04. The van der Waals surface area contributed by atoms with Gasteiger partial charge in [-0.15, -0.1) is 12.4 Å². The Morgan fingerprint density at radius 2 is 2.08 bits per heavy atom. The molecule has 1 fully saturated rings. The van der Waals surface area contributed by atoms with E-state index in [0.29, 0.717) is 13.2 Å². The molecule has 0 saturated heterocycles. The summed E-state index contributed by atoms with van der Waals surface area (Å²) in [5.41, 5.74) is 0.926. The van der Waals surface area contributed by atoms with E-state index in [-0.39, 0.29) is 24.2 Å². The molecule has 1 amide bonds. The van der Waals surface area contributed by atoms with E-state index in [0.717, 1.165) is 46.9 Å². The van der Waals surface area contributed by atoms with Crippen molar-refractivity contribution in [2.75, 3.05) is 38.7 Å². The quantitative estimate of drug-likeness (QED) is 0.729. The van der Waals surface area contributed by atoms with Crippen LogP contribution in [0.25, 0.3) is 10.2 Å². The van der Waals surface area contributed by atoms with Gasteiger partial charge in [-0.05, 0) is 52.1 Å². The van der Waals surface area contributed by atoms with E-state index in [2.05, 4.69) is 4.90 Å². The summed E-state index contributed by atoms with van der Waals surface area (Å²) >= 11 is 1.57. The van der Waals surface area contributed by atoms with Crippen LogP contribution in [0.5, 0.6) is 5.75 Å². The van der Waals surface area contributed by atoms with Crippen LogP contribution in [0, 0.1) is 5.92 Å². The van der Waals surface area contributed by atoms with Crippen molar-refractivity contribution in [1.29, 1.82) is 0 Å². The van der Waals surface area contributed by atoms with Crippen LogP contribution in [0.3, 0.4) is 0 Å². The van der Waals surface area contributed by atoms with Gasteiger partial charge in [0.1, 0.15) is 5.75 Å². The number of halogens is 1. The van der Waals surface area contributed by atoms with E-state index in [4.69, 9.17) is 9.72 Å². The van der Waals surface area contributed by atoms with Crippen molar-refractivity contribution in [3.8, 4) is 5.75 Å². The number of ether oxygens (including phenoxy) is 1. The topological polar surface area (TPSA) is 45.7 Å². The fourth-order valence-electron chi connectivity index (χ4n) is 2.74. The second-order valence-corrected chi connectivity index (χ2v) is 7.49. The number of aromatic nitrogens is 1. The average Bonchev–Trinajstić information content (AvgIpc) is 2.88. The number of fused-ring (bicyclic) bond motifs is 1. The van der Waals surface area contributed by atoms with Gasteiger partial charge in [0.15, 0.2) is 5.13 Å². The van der Waals surface area contributed by atoms with Crippen molar-refractivity contribution in [2.24, 2.45) is 5.92 Å². The molecule has 0 atom stereocenters. The van der Waals surface area contributed by atoms with Gasteiger partial charge in [-0.2, -0.15) is 0 Å². The maximum absolute atomic E-state index is 12.8. The molecule has 0 spiro atoms. The minimum atomic E-state index is 0. The Morgan fingerprint density at radius 1 is 1.32 bits per heavy atom. The third kappa shape index (κ3) is 4.63. The summed E-state index contributed by atoms with van der Waals surface area (Å²) in [5.74, 6) is 1.26. The van der Waals surface area contributed by atoms with E-state index in [1.807, 2.05) is 44.1 Å². The molecule has 0 unspecified atom stereocenters. The van der Waals surface area contributed by atoms with Crippen LogP contribution < -0.4 is 9.64 Å². The molecule has 1 aromatic carbocycles. The molecule has 0 N–H and O–H groups in total. The Bertz CT molecular complexity index is 715. The summed E-state index contributed by atoms with van der Waals surface area (Å²) in [5, 5.41) is 0.803. The number of nitrogens with zero attached hydrogens (tertiary/aromatic N) is 3. The van der Waals surface area contributed by atoms with E-state index in [1.54, 1.807) is 11.3 Å². The molecule has 7 heteroatoms. The van der Waals surface area contributed by atoms with Crippen molar-refractivity contribution < 1.29 is 9.53 Å². The van der Waals surface area contributed by atoms with Gasteiger partial charge in [-0.3, -0.25) is 9.69 Å². The third-order valence-corrected chi connectivity index (χ3v) is 5.42. The molecule has 138 valence electrons. The molecule has 1 heterocycles. The van der Waals surface area contributed by atoms with Gasteiger partial charge < -0.3 is 9.64 Å². The van der Waals surface area contributed by atoms with Crippen molar-refractivity contribution in [2.45, 2.75) is 26.2 Å². The predicted octanol–water partition coefficient (Wildman–Crippen LogP) is 3.81. The Hall–Kier alpha value is -1.37. The van der Waals surface area contributed by atoms with Gasteiger partial charge in [0.25, 0.3) is 0 Å². The molecule has 25 heavy (non-hydrogen) atoms. The van der Waals surface area contributed by atoms with Crippen LogP contribution in [0.1, 0.15) is 26.2 Å². The Labute approximate surface area is 159 Å². The summed E-state index contributed by atoms with van der Waals surface area (Å²) in [6.45, 7) is 4.13. The fraction of sp³-hybridized carbons (Fsp3) is 0.556. The minimum Gasteiger partial charge on any atom is -0.494 e. The Morgan fingerprint density at radius 3 is 2.68 bits per heavy atom. The molecule has 1 aromatic heterocycles. The lowest BCUT2D eigenvalue weighted by Gasteiger charge is -2.30. The van der Waals surface area contributed by atoms with Crippen molar-refractivity contribution >= 4 is 45.0 Å². The monoisotopic (exact) mass is 383 g/mol. The third-order valence-electron chi connectivity index (χ3n) is 4.38. The number of anilines is 1. The highest BCUT2D eigenvalue weighted by molar-refractivity contribution is 7.22. The second kappa shape index (κ2) is 8.83. The standard InChI is InChI=1S/C18H25N3O2S.ClH/c1-4-23-14-8-9-15-16(12-14)24-18(19-15)21(11-10-20(2)3)17(22)13-6-5-7-13;/h8-9,12-13H,4-7,10-11H2,1-3H3;1H. The first-order chi connectivity index (χ1) is 11.6. The molecule has 0 aliphatic heterocycles. The first-order valence-corrected chi connectivity index (χ1v) is 9.39. The van der Waals surface area contributed by atoms with Crippen LogP contribution in [0.4, 0.5) is 5.13 Å². The lowest BCUT2D eigenvalue weighted by Crippen LogP contribution is -2.42. The molecular weight excluding hydrogens is 358 g/mol. The molecular formula is C18H26ClN3O2S. The van der Waals surface area contributed by atoms with Gasteiger partial charge in [0, 0.05) is 19.0 Å². The zero-order valence-corrected chi connectivity index (χ0v) is 16.7. The van der Waals surface area contributed by atoms with Gasteiger partial charge in [-0.25, -0.2) is 4.98 Å². The van der Waals surface area contributed by atoms with Crippen LogP contribution in [0.2, 0.25) is 0 Å². The highest BCUT2D eigenvalue weighted by Gasteiger charge is 2.31. The molecule has 3 rings (SSSR count). The Balaban J connectivity index is 0.00000225. The lowest BCUT2D eigenvalue weighted by atomic mass is 9.84. The maximum atomic E-state index is 12.8. The maximum Gasteiger partial charge on any atom is 0.231 e. The van der Waals surface area contributed by atoms with Gasteiger partial charge in [0.05, 0.1) is 16.8 Å². The molecule has 2 aromatic rings. The number of amides is 1. The van der Waals surface area contributed by atoms with Crippen LogP contribution in [-0.4, -0.2) is 49.6 Å². The number of rotatable bonds is 7. The summed E-state index contributed by atoms with van der Waals surface area (Å²) in [6, 6.07) is 5.92. The van der Waals surface area contributed by atoms with Crippen LogP contribution >= 0.6 is 23.7 Å². The molecule has 5 nitrogen and oxygen atoms in total. The molecule has 1 aliphatic rings. The van der Waals surface area contributed by atoms with Gasteiger partial charge in [0.2, 0.25) is 5.91 Å².